The van der Waals surface area contributed by atoms with Crippen molar-refractivity contribution in [2.45, 2.75) is 20.5 Å². The third-order valence-corrected chi connectivity index (χ3v) is 4.20. The highest BCUT2D eigenvalue weighted by Crippen LogP contribution is 2.19. The molecule has 0 heterocycles. The summed E-state index contributed by atoms with van der Waals surface area (Å²) in [5.41, 5.74) is 5.07. The number of nitrogens with one attached hydrogen (secondary N) is 2. The van der Waals surface area contributed by atoms with Crippen LogP contribution in [-0.2, 0) is 11.4 Å². The summed E-state index contributed by atoms with van der Waals surface area (Å²) in [6.07, 6.45) is 0. The van der Waals surface area contributed by atoms with Crippen molar-refractivity contribution in [3.05, 3.63) is 89.5 Å². The van der Waals surface area contributed by atoms with E-state index in [0.717, 1.165) is 28.1 Å². The molecule has 0 saturated heterocycles. The zero-order valence-electron chi connectivity index (χ0n) is 15.7. The summed E-state index contributed by atoms with van der Waals surface area (Å²) in [5, 5.41) is 6.10. The maximum atomic E-state index is 12.3. The van der Waals surface area contributed by atoms with Gasteiger partial charge in [-0.25, -0.2) is 0 Å². The van der Waals surface area contributed by atoms with Gasteiger partial charge in [-0.3, -0.25) is 4.79 Å². The smallest absolute Gasteiger partial charge is 0.243 e. The van der Waals surface area contributed by atoms with Crippen molar-refractivity contribution in [2.24, 2.45) is 0 Å². The quantitative estimate of drug-likeness (QED) is 0.628. The molecular formula is C23H24N2O2. The topological polar surface area (TPSA) is 50.4 Å². The van der Waals surface area contributed by atoms with Gasteiger partial charge in [0, 0.05) is 17.4 Å². The Hall–Kier alpha value is -3.27. The van der Waals surface area contributed by atoms with E-state index in [2.05, 4.69) is 16.7 Å². The lowest BCUT2D eigenvalue weighted by Crippen LogP contribution is -2.22. The van der Waals surface area contributed by atoms with Crippen LogP contribution in [0.3, 0.4) is 0 Å². The Morgan fingerprint density at radius 1 is 0.926 bits per heavy atom. The Morgan fingerprint density at radius 3 is 2.56 bits per heavy atom. The number of amides is 1. The summed E-state index contributed by atoms with van der Waals surface area (Å²) in [4.78, 5) is 12.3. The maximum absolute atomic E-state index is 12.3. The molecule has 0 aromatic heterocycles. The average molecular weight is 360 g/mol. The van der Waals surface area contributed by atoms with Gasteiger partial charge in [0.15, 0.2) is 0 Å². The van der Waals surface area contributed by atoms with E-state index in [1.807, 2.05) is 80.6 Å². The van der Waals surface area contributed by atoms with E-state index in [0.29, 0.717) is 12.3 Å². The van der Waals surface area contributed by atoms with Crippen molar-refractivity contribution in [1.29, 1.82) is 0 Å². The van der Waals surface area contributed by atoms with E-state index in [-0.39, 0.29) is 12.5 Å². The van der Waals surface area contributed by atoms with Crippen LogP contribution < -0.4 is 15.4 Å². The molecule has 0 bridgehead atoms. The number of carbonyl (C=O) groups excluding carboxylic acids is 1. The van der Waals surface area contributed by atoms with Crippen molar-refractivity contribution in [2.75, 3.05) is 17.2 Å². The van der Waals surface area contributed by atoms with Crippen LogP contribution in [0.15, 0.2) is 72.8 Å². The summed E-state index contributed by atoms with van der Waals surface area (Å²) in [6, 6.07) is 23.6. The average Bonchev–Trinajstić information content (AvgIpc) is 2.68. The number of rotatable bonds is 7. The molecule has 1 amide bonds. The first-order valence-corrected chi connectivity index (χ1v) is 8.98. The normalized spacial score (nSPS) is 10.3. The minimum atomic E-state index is -0.101. The summed E-state index contributed by atoms with van der Waals surface area (Å²) >= 11 is 0. The highest BCUT2D eigenvalue weighted by Gasteiger charge is 2.05. The first-order valence-electron chi connectivity index (χ1n) is 8.98. The fourth-order valence-electron chi connectivity index (χ4n) is 2.71. The lowest BCUT2D eigenvalue weighted by atomic mass is 10.1. The van der Waals surface area contributed by atoms with Gasteiger partial charge in [0.1, 0.15) is 12.4 Å². The van der Waals surface area contributed by atoms with Gasteiger partial charge < -0.3 is 15.4 Å². The SMILES string of the molecule is Cc1ccc(C)c(NCC(=O)Nc2cccc(OCc3ccccc3)c2)c1. The Bertz CT molecular complexity index is 907. The molecule has 3 aromatic rings. The first kappa shape index (κ1) is 18.5. The van der Waals surface area contributed by atoms with Gasteiger partial charge in [-0.1, -0.05) is 48.5 Å². The van der Waals surface area contributed by atoms with Crippen LogP contribution in [0.5, 0.6) is 5.75 Å². The molecule has 4 nitrogen and oxygen atoms in total. The summed E-state index contributed by atoms with van der Waals surface area (Å²) in [7, 11) is 0. The Balaban J connectivity index is 1.54. The number of aryl methyl sites for hydroxylation is 2. The van der Waals surface area contributed by atoms with Gasteiger partial charge in [0.2, 0.25) is 5.91 Å². The molecule has 0 unspecified atom stereocenters. The number of hydrogen-bond acceptors (Lipinski definition) is 3. The van der Waals surface area contributed by atoms with Gasteiger partial charge in [-0.05, 0) is 48.7 Å². The van der Waals surface area contributed by atoms with Gasteiger partial charge in [-0.15, -0.1) is 0 Å². The molecule has 0 fully saturated rings. The largest absolute Gasteiger partial charge is 0.489 e. The van der Waals surface area contributed by atoms with Crippen molar-refractivity contribution in [1.82, 2.24) is 0 Å². The van der Waals surface area contributed by atoms with Crippen LogP contribution in [-0.4, -0.2) is 12.5 Å². The highest BCUT2D eigenvalue weighted by molar-refractivity contribution is 5.94. The molecule has 0 aliphatic carbocycles. The lowest BCUT2D eigenvalue weighted by Gasteiger charge is -2.12. The van der Waals surface area contributed by atoms with E-state index >= 15 is 0 Å². The van der Waals surface area contributed by atoms with Crippen molar-refractivity contribution in [3.8, 4) is 5.75 Å². The molecule has 138 valence electrons. The van der Waals surface area contributed by atoms with Crippen LogP contribution in [0.1, 0.15) is 16.7 Å². The van der Waals surface area contributed by atoms with Crippen LogP contribution >= 0.6 is 0 Å². The summed E-state index contributed by atoms with van der Waals surface area (Å²) in [6.45, 7) is 4.75. The first-order chi connectivity index (χ1) is 13.1. The third kappa shape index (κ3) is 5.61. The molecule has 3 aromatic carbocycles. The van der Waals surface area contributed by atoms with Crippen LogP contribution in [0.2, 0.25) is 0 Å². The number of ether oxygens (including phenoxy) is 1. The Morgan fingerprint density at radius 2 is 1.74 bits per heavy atom. The van der Waals surface area contributed by atoms with Crippen LogP contribution in [0.25, 0.3) is 0 Å². The Kier molecular flexibility index (Phi) is 6.10. The minimum absolute atomic E-state index is 0.101. The van der Waals surface area contributed by atoms with Crippen molar-refractivity contribution >= 4 is 17.3 Å². The molecule has 0 spiro atoms. The predicted octanol–water partition coefficient (Wildman–Crippen LogP) is 4.93. The number of anilines is 2. The second-order valence-corrected chi connectivity index (χ2v) is 6.52. The zero-order valence-corrected chi connectivity index (χ0v) is 15.7. The molecule has 0 aliphatic rings. The number of hydrogen-bond donors (Lipinski definition) is 2. The highest BCUT2D eigenvalue weighted by atomic mass is 16.5. The summed E-state index contributed by atoms with van der Waals surface area (Å²) < 4.78 is 5.81. The van der Waals surface area contributed by atoms with Crippen molar-refractivity contribution < 1.29 is 9.53 Å². The van der Waals surface area contributed by atoms with Gasteiger partial charge in [-0.2, -0.15) is 0 Å². The second-order valence-electron chi connectivity index (χ2n) is 6.52. The van der Waals surface area contributed by atoms with Crippen LogP contribution in [0, 0.1) is 13.8 Å². The van der Waals surface area contributed by atoms with Gasteiger partial charge in [0.05, 0.1) is 6.54 Å². The molecule has 0 saturated carbocycles. The fraction of sp³-hybridized carbons (Fsp3) is 0.174. The van der Waals surface area contributed by atoms with Crippen molar-refractivity contribution in [3.63, 3.8) is 0 Å². The standard InChI is InChI=1S/C23H24N2O2/c1-17-11-12-18(2)22(13-17)24-15-23(26)25-20-9-6-10-21(14-20)27-16-19-7-4-3-5-8-19/h3-14,24H,15-16H2,1-2H3,(H,25,26). The van der Waals surface area contributed by atoms with E-state index in [1.165, 1.54) is 0 Å². The second kappa shape index (κ2) is 8.90. The molecule has 0 atom stereocenters. The lowest BCUT2D eigenvalue weighted by molar-refractivity contribution is -0.114. The zero-order chi connectivity index (χ0) is 19.1. The van der Waals surface area contributed by atoms with Gasteiger partial charge in [0.25, 0.3) is 0 Å². The maximum Gasteiger partial charge on any atom is 0.243 e. The molecular weight excluding hydrogens is 336 g/mol. The van der Waals surface area contributed by atoms with Gasteiger partial charge >= 0.3 is 0 Å². The molecule has 4 heteroatoms. The molecule has 0 aliphatic heterocycles. The van der Waals surface area contributed by atoms with E-state index in [1.54, 1.807) is 0 Å². The molecule has 27 heavy (non-hydrogen) atoms. The fourth-order valence-corrected chi connectivity index (χ4v) is 2.71. The van der Waals surface area contributed by atoms with E-state index in [9.17, 15) is 4.79 Å². The number of carbonyl (C=O) groups is 1. The molecule has 2 N–H and O–H groups in total. The third-order valence-electron chi connectivity index (χ3n) is 4.20. The predicted molar refractivity (Wildman–Crippen MR) is 110 cm³/mol. The van der Waals surface area contributed by atoms with E-state index in [4.69, 9.17) is 4.74 Å². The monoisotopic (exact) mass is 360 g/mol. The Labute approximate surface area is 160 Å². The molecule has 3 rings (SSSR count). The minimum Gasteiger partial charge on any atom is -0.489 e. The summed E-state index contributed by atoms with van der Waals surface area (Å²) in [5.74, 6) is 0.621. The van der Waals surface area contributed by atoms with Crippen LogP contribution in [0.4, 0.5) is 11.4 Å². The van der Waals surface area contributed by atoms with E-state index < -0.39 is 0 Å². The molecule has 0 radical (unpaired) electrons. The number of benzene rings is 3.